The second kappa shape index (κ2) is 30.0. The van der Waals surface area contributed by atoms with E-state index in [4.69, 9.17) is 18.9 Å². The Morgan fingerprint density at radius 1 is 0.696 bits per heavy atom. The van der Waals surface area contributed by atoms with Crippen molar-refractivity contribution in [2.45, 2.75) is 177 Å². The van der Waals surface area contributed by atoms with E-state index in [1.165, 1.54) is 13.0 Å². The van der Waals surface area contributed by atoms with E-state index in [0.29, 0.717) is 0 Å². The predicted octanol–water partition coefficient (Wildman–Crippen LogP) is 1.30. The Kier molecular flexibility index (Phi) is 26.1. The van der Waals surface area contributed by atoms with Crippen LogP contribution in [0.5, 0.6) is 0 Å². The Labute approximate surface area is 417 Å². The summed E-state index contributed by atoms with van der Waals surface area (Å²) in [6.07, 6.45) is 2.49. The zero-order valence-corrected chi connectivity index (χ0v) is 41.7. The Bertz CT molecular complexity index is 1810. The van der Waals surface area contributed by atoms with Gasteiger partial charge in [-0.25, -0.2) is 0 Å². The third-order valence-electron chi connectivity index (χ3n) is 12.4. The fourth-order valence-electron chi connectivity index (χ4n) is 8.33. The number of carbonyl (C=O) groups excluding carboxylic acids is 2. The molecule has 69 heavy (non-hydrogen) atoms. The first-order chi connectivity index (χ1) is 32.5. The molecule has 0 spiro atoms. The van der Waals surface area contributed by atoms with Gasteiger partial charge >= 0.3 is 11.9 Å². The second-order valence-electron chi connectivity index (χ2n) is 18.2. The summed E-state index contributed by atoms with van der Waals surface area (Å²) in [7, 11) is 0. The molecule has 0 radical (unpaired) electrons. The predicted molar refractivity (Wildman–Crippen MR) is 260 cm³/mol. The van der Waals surface area contributed by atoms with Crippen LogP contribution in [0.25, 0.3) is 0 Å². The molecule has 3 aliphatic heterocycles. The number of esters is 1. The maximum atomic E-state index is 12.6. The fourth-order valence-corrected chi connectivity index (χ4v) is 8.55. The summed E-state index contributed by atoms with van der Waals surface area (Å²) in [4.78, 5) is 37.5. The van der Waals surface area contributed by atoms with Gasteiger partial charge in [-0.15, -0.1) is 0 Å². The summed E-state index contributed by atoms with van der Waals surface area (Å²) in [6.45, 7) is 6.71. The first-order valence-electron chi connectivity index (χ1n) is 23.3. The minimum absolute atomic E-state index is 0.0282. The zero-order valence-electron chi connectivity index (χ0n) is 39.5. The normalized spacial score (nSPS) is 40.2. The van der Waals surface area contributed by atoms with Gasteiger partial charge in [0.15, 0.2) is 12.1 Å². The molecule has 19 nitrogen and oxygen atoms in total. The number of fused-ring (bicyclic) bond motifs is 2. The van der Waals surface area contributed by atoms with Crippen molar-refractivity contribution in [3.63, 3.8) is 0 Å². The largest absolute Gasteiger partial charge is 0.481 e. The molecule has 2 bridgehead atoms. The molecule has 2 fully saturated rings. The molecular weight excluding hydrogens is 1020 g/mol. The summed E-state index contributed by atoms with van der Waals surface area (Å²) in [5, 5.41) is 122. The quantitative estimate of drug-likeness (QED) is 0.105. The highest BCUT2D eigenvalue weighted by molar-refractivity contribution is 14.1. The minimum atomic E-state index is -2.36. The number of aliphatic hydroxyl groups is 10. The number of carboxylic acid groups (broad SMARTS) is 1. The highest BCUT2D eigenvalue weighted by atomic mass is 127. The van der Waals surface area contributed by atoms with Crippen molar-refractivity contribution in [1.82, 2.24) is 5.32 Å². The standard InChI is InChI=1S/C49H74INO18/c1-28-17-15-13-11-9-7-5-6-8-10-12-14-16-18-35(68-48-46(62)43(51-40(58)27-50)45(61)31(4)67-48)24-39-42(47(63)64)38(57)26-49(65,69-39)25-34(54)22-37(56)36(55)20-19-32(52)21-33(53)23-41(59)66-30(3)29(2)44(28)60/h5-18,28-39,42-46,48,52-57,60-62,65H,19-27H2,1-4H3,(H,51,58)(H,63,64)/t28-,29-,30-,31+,32+,33+,34-,35-,36+,37+,38-,39-,42+,43-,44+,45+,46-,48-,49+/m0/s1. The number of ether oxygens (including phenoxy) is 4. The lowest BCUT2D eigenvalue weighted by molar-refractivity contribution is -0.309. The number of nitrogens with one attached hydrogen (secondary N) is 1. The first-order valence-corrected chi connectivity index (χ1v) is 24.9. The number of carboxylic acids is 1. The van der Waals surface area contributed by atoms with Crippen LogP contribution in [0.15, 0.2) is 85.1 Å². The van der Waals surface area contributed by atoms with Gasteiger partial charge in [0.25, 0.3) is 0 Å². The van der Waals surface area contributed by atoms with Gasteiger partial charge in [0, 0.05) is 37.5 Å². The number of allylic oxidation sites excluding steroid dienone is 12. The van der Waals surface area contributed by atoms with Crippen LogP contribution >= 0.6 is 22.6 Å². The number of aliphatic hydroxyl groups excluding tert-OH is 9. The van der Waals surface area contributed by atoms with E-state index in [2.05, 4.69) is 5.32 Å². The fraction of sp³-hybridized carbons (Fsp3) is 0.653. The molecular formula is C49H74INO18. The maximum absolute atomic E-state index is 12.6. The first kappa shape index (κ1) is 60.1. The van der Waals surface area contributed by atoms with Gasteiger partial charge in [-0.1, -0.05) is 122 Å². The van der Waals surface area contributed by atoms with E-state index in [-0.39, 0.29) is 36.0 Å². The molecule has 0 aromatic carbocycles. The van der Waals surface area contributed by atoms with Gasteiger partial charge in [0.1, 0.15) is 24.2 Å². The van der Waals surface area contributed by atoms with Gasteiger partial charge < -0.3 is 80.4 Å². The molecule has 2 saturated heterocycles. The van der Waals surface area contributed by atoms with E-state index < -0.39 is 153 Å². The van der Waals surface area contributed by atoms with Crippen molar-refractivity contribution in [3.05, 3.63) is 85.1 Å². The Balaban J connectivity index is 1.90. The molecule has 1 amide bonds. The third-order valence-corrected chi connectivity index (χ3v) is 13.1. The summed E-state index contributed by atoms with van der Waals surface area (Å²) < 4.78 is 23.4. The molecule has 20 heteroatoms. The smallest absolute Gasteiger partial charge is 0.311 e. The third kappa shape index (κ3) is 20.4. The summed E-state index contributed by atoms with van der Waals surface area (Å²) in [5.41, 5.74) is 0. The molecule has 390 valence electrons. The summed E-state index contributed by atoms with van der Waals surface area (Å²) in [5.74, 6) is -7.42. The molecule has 3 aliphatic rings. The number of carbonyl (C=O) groups is 3. The van der Waals surface area contributed by atoms with Gasteiger partial charge in [-0.3, -0.25) is 14.4 Å². The van der Waals surface area contributed by atoms with Crippen molar-refractivity contribution in [3.8, 4) is 0 Å². The average molecular weight is 1090 g/mol. The SMILES string of the molecule is C[C@@H]1[C@H](O)[C@@H](C)C=CC=CC=CC=CC=CC=CC=C[C@H](O[C@@H]2O[C@H](C)[C@@H](O)[C@H](NC(=O)CI)[C@@H]2O)C[C@@H]2O[C@](O)(C[C@@H](O)C[C@@H](O)[C@H](O)CC[C@@H](O)C[C@@H](O)CC(=O)O[C@H]1C)C[C@H](O)[C@H]2C(=O)O. The van der Waals surface area contributed by atoms with Crippen LogP contribution in [-0.2, 0) is 33.3 Å². The molecule has 3 rings (SSSR count). The van der Waals surface area contributed by atoms with E-state index in [0.717, 1.165) is 0 Å². The van der Waals surface area contributed by atoms with Crippen molar-refractivity contribution in [2.75, 3.05) is 4.43 Å². The summed E-state index contributed by atoms with van der Waals surface area (Å²) in [6, 6.07) is -1.21. The van der Waals surface area contributed by atoms with Crippen LogP contribution in [0.4, 0.5) is 0 Å². The van der Waals surface area contributed by atoms with Crippen LogP contribution in [0.3, 0.4) is 0 Å². The van der Waals surface area contributed by atoms with Crippen molar-refractivity contribution < 1.29 is 89.5 Å². The van der Waals surface area contributed by atoms with Gasteiger partial charge in [0.2, 0.25) is 5.91 Å². The topological polar surface area (TPSA) is 323 Å². The Morgan fingerprint density at radius 3 is 1.86 bits per heavy atom. The van der Waals surface area contributed by atoms with Crippen LogP contribution in [0.1, 0.15) is 79.1 Å². The van der Waals surface area contributed by atoms with Crippen molar-refractivity contribution in [1.29, 1.82) is 0 Å². The lowest BCUT2D eigenvalue weighted by Gasteiger charge is -2.45. The monoisotopic (exact) mass is 1090 g/mol. The number of hydrogen-bond acceptors (Lipinski definition) is 17. The molecule has 19 atom stereocenters. The number of hydrogen-bond donors (Lipinski definition) is 12. The highest BCUT2D eigenvalue weighted by Gasteiger charge is 2.51. The van der Waals surface area contributed by atoms with Crippen LogP contribution < -0.4 is 5.32 Å². The maximum Gasteiger partial charge on any atom is 0.311 e. The average Bonchev–Trinajstić information content (AvgIpc) is 3.26. The number of cyclic esters (lactones) is 1. The highest BCUT2D eigenvalue weighted by Crippen LogP contribution is 2.38. The van der Waals surface area contributed by atoms with Crippen molar-refractivity contribution >= 4 is 40.4 Å². The second-order valence-corrected chi connectivity index (χ2v) is 19.0. The molecule has 0 unspecified atom stereocenters. The Morgan fingerprint density at radius 2 is 1.28 bits per heavy atom. The lowest BCUT2D eigenvalue weighted by Crippen LogP contribution is -2.64. The van der Waals surface area contributed by atoms with E-state index in [1.54, 1.807) is 86.8 Å². The molecule has 3 heterocycles. The number of rotatable bonds is 5. The van der Waals surface area contributed by atoms with Crippen LogP contribution in [0.2, 0.25) is 0 Å². The van der Waals surface area contributed by atoms with E-state index >= 15 is 0 Å². The summed E-state index contributed by atoms with van der Waals surface area (Å²) >= 11 is 1.82. The number of halogens is 1. The molecule has 0 aromatic heterocycles. The van der Waals surface area contributed by atoms with E-state index in [1.807, 2.05) is 35.6 Å². The van der Waals surface area contributed by atoms with Gasteiger partial charge in [0.05, 0.1) is 77.9 Å². The number of amides is 1. The molecule has 12 N–H and O–H groups in total. The van der Waals surface area contributed by atoms with Crippen LogP contribution in [0, 0.1) is 17.8 Å². The lowest BCUT2D eigenvalue weighted by atomic mass is 9.82. The molecule has 0 aliphatic carbocycles. The van der Waals surface area contributed by atoms with Crippen LogP contribution in [-0.4, -0.2) is 176 Å². The van der Waals surface area contributed by atoms with Gasteiger partial charge in [-0.05, 0) is 33.1 Å². The minimum Gasteiger partial charge on any atom is -0.481 e. The Hall–Kier alpha value is -3.20. The molecule has 0 saturated carbocycles. The van der Waals surface area contributed by atoms with Crippen molar-refractivity contribution in [2.24, 2.45) is 17.8 Å². The van der Waals surface area contributed by atoms with E-state index in [9.17, 15) is 70.6 Å². The number of aliphatic carboxylic acids is 1. The zero-order chi connectivity index (χ0) is 51.4. The number of alkyl halides is 1. The van der Waals surface area contributed by atoms with Gasteiger partial charge in [-0.2, -0.15) is 0 Å². The molecule has 0 aromatic rings.